The van der Waals surface area contributed by atoms with Crippen LogP contribution < -0.4 is 16.4 Å². The van der Waals surface area contributed by atoms with Gasteiger partial charge >= 0.3 is 5.91 Å². The molecule has 3 aromatic rings. The Kier molecular flexibility index (Phi) is 6.00. The molecule has 0 unspecified atom stereocenters. The highest BCUT2D eigenvalue weighted by Crippen LogP contribution is 2.28. The molecule has 0 aliphatic rings. The highest BCUT2D eigenvalue weighted by Gasteiger charge is 2.17. The summed E-state index contributed by atoms with van der Waals surface area (Å²) in [6, 6.07) is 3.05. The Labute approximate surface area is 168 Å². The first-order chi connectivity index (χ1) is 13.4. The lowest BCUT2D eigenvalue weighted by Crippen LogP contribution is -2.42. The fourth-order valence-electron chi connectivity index (χ4n) is 2.47. The number of carbonyl (C=O) groups is 2. The Balaban J connectivity index is 1.73. The third-order valence-corrected chi connectivity index (χ3v) is 6.04. The molecule has 3 rings (SSSR count). The first kappa shape index (κ1) is 19.9. The standard InChI is InChI=1S/C18H18N4O4S2/c1-4-7-22-17(25)14-10(2)11(3)28-16(14)19-18(22)27-9-13(23)20-21-15(24)12-6-5-8-26-12/h4-6,8H,1,7,9H2,2-3H3,(H,20,23)(H,21,24). The van der Waals surface area contributed by atoms with Gasteiger partial charge in [0.2, 0.25) is 5.91 Å². The van der Waals surface area contributed by atoms with E-state index in [4.69, 9.17) is 4.42 Å². The fourth-order valence-corrected chi connectivity index (χ4v) is 4.35. The number of aryl methyl sites for hydroxylation is 2. The Morgan fingerprint density at radius 1 is 1.39 bits per heavy atom. The van der Waals surface area contributed by atoms with Gasteiger partial charge in [-0.3, -0.25) is 29.8 Å². The maximum absolute atomic E-state index is 12.9. The van der Waals surface area contributed by atoms with Crippen LogP contribution in [0.2, 0.25) is 0 Å². The Bertz CT molecular complexity index is 1100. The molecule has 2 amide bonds. The maximum atomic E-state index is 12.9. The van der Waals surface area contributed by atoms with Gasteiger partial charge in [0.1, 0.15) is 4.83 Å². The summed E-state index contributed by atoms with van der Waals surface area (Å²) in [5.74, 6) is -0.945. The monoisotopic (exact) mass is 418 g/mol. The van der Waals surface area contributed by atoms with Crippen molar-refractivity contribution in [1.82, 2.24) is 20.4 Å². The molecule has 3 aromatic heterocycles. The highest BCUT2D eigenvalue weighted by atomic mass is 32.2. The molecule has 0 fully saturated rings. The third-order valence-electron chi connectivity index (χ3n) is 3.96. The molecule has 28 heavy (non-hydrogen) atoms. The summed E-state index contributed by atoms with van der Waals surface area (Å²) < 4.78 is 6.43. The highest BCUT2D eigenvalue weighted by molar-refractivity contribution is 7.99. The van der Waals surface area contributed by atoms with Crippen molar-refractivity contribution in [3.05, 3.63) is 57.6 Å². The normalized spacial score (nSPS) is 10.8. The van der Waals surface area contributed by atoms with Gasteiger partial charge in [-0.15, -0.1) is 17.9 Å². The number of allylic oxidation sites excluding steroid dienone is 1. The smallest absolute Gasteiger partial charge is 0.305 e. The van der Waals surface area contributed by atoms with Gasteiger partial charge in [-0.05, 0) is 31.5 Å². The number of nitrogens with one attached hydrogen (secondary N) is 2. The van der Waals surface area contributed by atoms with E-state index in [1.165, 1.54) is 28.2 Å². The van der Waals surface area contributed by atoms with E-state index in [2.05, 4.69) is 22.4 Å². The number of aromatic nitrogens is 2. The summed E-state index contributed by atoms with van der Waals surface area (Å²) in [5, 5.41) is 1.02. The summed E-state index contributed by atoms with van der Waals surface area (Å²) in [6.45, 7) is 7.82. The predicted molar refractivity (Wildman–Crippen MR) is 109 cm³/mol. The first-order valence-electron chi connectivity index (χ1n) is 8.29. The average Bonchev–Trinajstić information content (AvgIpc) is 3.30. The number of thioether (sulfide) groups is 1. The SMILES string of the molecule is C=CCn1c(SCC(=O)NNC(=O)c2ccco2)nc2sc(C)c(C)c2c1=O. The number of amides is 2. The zero-order valence-electron chi connectivity index (χ0n) is 15.3. The van der Waals surface area contributed by atoms with Crippen molar-refractivity contribution in [1.29, 1.82) is 0 Å². The Morgan fingerprint density at radius 3 is 2.86 bits per heavy atom. The molecule has 0 radical (unpaired) electrons. The minimum atomic E-state index is -0.559. The van der Waals surface area contributed by atoms with Crippen LogP contribution in [-0.2, 0) is 11.3 Å². The van der Waals surface area contributed by atoms with Gasteiger partial charge in [-0.25, -0.2) is 4.98 Å². The van der Waals surface area contributed by atoms with Crippen LogP contribution in [0.5, 0.6) is 0 Å². The molecular weight excluding hydrogens is 400 g/mol. The van der Waals surface area contributed by atoms with Crippen molar-refractivity contribution in [2.45, 2.75) is 25.5 Å². The molecule has 0 atom stereocenters. The molecule has 0 aromatic carbocycles. The third kappa shape index (κ3) is 4.02. The van der Waals surface area contributed by atoms with Crippen LogP contribution in [0.25, 0.3) is 10.2 Å². The largest absolute Gasteiger partial charge is 0.459 e. The van der Waals surface area contributed by atoms with E-state index in [0.717, 1.165) is 22.2 Å². The van der Waals surface area contributed by atoms with Crippen molar-refractivity contribution >= 4 is 45.1 Å². The minimum absolute atomic E-state index is 0.0309. The van der Waals surface area contributed by atoms with Crippen LogP contribution in [0.3, 0.4) is 0 Å². The number of hydrogen-bond acceptors (Lipinski definition) is 7. The molecular formula is C18H18N4O4S2. The minimum Gasteiger partial charge on any atom is -0.459 e. The van der Waals surface area contributed by atoms with Gasteiger partial charge in [0.15, 0.2) is 10.9 Å². The second-order valence-electron chi connectivity index (χ2n) is 5.83. The fraction of sp³-hybridized carbons (Fsp3) is 0.222. The van der Waals surface area contributed by atoms with Crippen LogP contribution >= 0.6 is 23.1 Å². The predicted octanol–water partition coefficient (Wildman–Crippen LogP) is 2.41. The molecule has 0 saturated heterocycles. The maximum Gasteiger partial charge on any atom is 0.305 e. The van der Waals surface area contributed by atoms with Crippen molar-refractivity contribution < 1.29 is 14.0 Å². The summed E-state index contributed by atoms with van der Waals surface area (Å²) in [7, 11) is 0. The van der Waals surface area contributed by atoms with Gasteiger partial charge in [-0.2, -0.15) is 0 Å². The van der Waals surface area contributed by atoms with E-state index in [1.54, 1.807) is 12.1 Å². The molecule has 8 nitrogen and oxygen atoms in total. The summed E-state index contributed by atoms with van der Waals surface area (Å²) >= 11 is 2.56. The van der Waals surface area contributed by atoms with Gasteiger partial charge in [0, 0.05) is 11.4 Å². The molecule has 2 N–H and O–H groups in total. The second kappa shape index (κ2) is 8.44. The quantitative estimate of drug-likeness (QED) is 0.276. The lowest BCUT2D eigenvalue weighted by atomic mass is 10.2. The van der Waals surface area contributed by atoms with E-state index in [0.29, 0.717) is 15.4 Å². The number of hydrogen-bond donors (Lipinski definition) is 2. The van der Waals surface area contributed by atoms with Crippen molar-refractivity contribution in [3.63, 3.8) is 0 Å². The molecule has 0 saturated carbocycles. The van der Waals surface area contributed by atoms with Gasteiger partial charge in [0.25, 0.3) is 5.56 Å². The summed E-state index contributed by atoms with van der Waals surface area (Å²) in [4.78, 5) is 42.9. The number of nitrogens with zero attached hydrogens (tertiary/aromatic N) is 2. The lowest BCUT2D eigenvalue weighted by Gasteiger charge is -2.10. The number of fused-ring (bicyclic) bond motifs is 1. The molecule has 0 aliphatic heterocycles. The van der Waals surface area contributed by atoms with E-state index in [1.807, 2.05) is 13.8 Å². The van der Waals surface area contributed by atoms with E-state index < -0.39 is 11.8 Å². The van der Waals surface area contributed by atoms with Gasteiger partial charge in [-0.1, -0.05) is 17.8 Å². The van der Waals surface area contributed by atoms with Crippen molar-refractivity contribution in [3.8, 4) is 0 Å². The van der Waals surface area contributed by atoms with Crippen LogP contribution in [-0.4, -0.2) is 27.1 Å². The number of thiophene rings is 1. The molecule has 3 heterocycles. The molecule has 10 heteroatoms. The van der Waals surface area contributed by atoms with Crippen LogP contribution in [0.1, 0.15) is 21.0 Å². The van der Waals surface area contributed by atoms with Gasteiger partial charge < -0.3 is 4.42 Å². The molecule has 0 spiro atoms. The topological polar surface area (TPSA) is 106 Å². The van der Waals surface area contributed by atoms with E-state index >= 15 is 0 Å². The molecule has 146 valence electrons. The average molecular weight is 419 g/mol. The number of hydrazine groups is 1. The molecule has 0 aliphatic carbocycles. The number of rotatable bonds is 6. The zero-order valence-corrected chi connectivity index (χ0v) is 16.9. The second-order valence-corrected chi connectivity index (χ2v) is 7.98. The summed E-state index contributed by atoms with van der Waals surface area (Å²) in [6.07, 6.45) is 2.97. The van der Waals surface area contributed by atoms with E-state index in [9.17, 15) is 14.4 Å². The summed E-state index contributed by atoms with van der Waals surface area (Å²) in [5.41, 5.74) is 5.34. The first-order valence-corrected chi connectivity index (χ1v) is 10.1. The van der Waals surface area contributed by atoms with Gasteiger partial charge in [0.05, 0.1) is 17.4 Å². The van der Waals surface area contributed by atoms with Crippen molar-refractivity contribution in [2.75, 3.05) is 5.75 Å². The lowest BCUT2D eigenvalue weighted by molar-refractivity contribution is -0.119. The zero-order chi connectivity index (χ0) is 20.3. The van der Waals surface area contributed by atoms with Crippen LogP contribution in [0.4, 0.5) is 0 Å². The Hall–Kier alpha value is -2.85. The number of carbonyl (C=O) groups excluding carboxylic acids is 2. The van der Waals surface area contributed by atoms with Crippen LogP contribution in [0, 0.1) is 13.8 Å². The van der Waals surface area contributed by atoms with Crippen molar-refractivity contribution in [2.24, 2.45) is 0 Å². The molecule has 0 bridgehead atoms. The Morgan fingerprint density at radius 2 is 2.18 bits per heavy atom. The van der Waals surface area contributed by atoms with Crippen LogP contribution in [0.15, 0.2) is 45.4 Å². The van der Waals surface area contributed by atoms with E-state index in [-0.39, 0.29) is 23.6 Å². The number of furan rings is 1.